The van der Waals surface area contributed by atoms with Crippen molar-refractivity contribution >= 4 is 0 Å². The molecule has 3 heteroatoms. The van der Waals surface area contributed by atoms with Crippen LogP contribution in [0.25, 0.3) is 0 Å². The van der Waals surface area contributed by atoms with Gasteiger partial charge in [-0.25, -0.2) is 4.39 Å². The van der Waals surface area contributed by atoms with Crippen molar-refractivity contribution in [1.29, 1.82) is 0 Å². The minimum Gasteiger partial charge on any atom is -0.369 e. The molecule has 2 nitrogen and oxygen atoms in total. The quantitative estimate of drug-likeness (QED) is 0.544. The third kappa shape index (κ3) is 0.682. The Morgan fingerprint density at radius 1 is 1.78 bits per heavy atom. The van der Waals surface area contributed by atoms with E-state index in [0.29, 0.717) is 19.2 Å². The molecule has 52 valence electrons. The van der Waals surface area contributed by atoms with Gasteiger partial charge in [0.1, 0.15) is 12.3 Å². The number of halogens is 1. The summed E-state index contributed by atoms with van der Waals surface area (Å²) in [6.07, 6.45) is 0.865. The predicted octanol–water partition coefficient (Wildman–Crippen LogP) is 0.0868. The lowest BCUT2D eigenvalue weighted by Crippen LogP contribution is -2.40. The van der Waals surface area contributed by atoms with Crippen molar-refractivity contribution < 1.29 is 9.13 Å². The van der Waals surface area contributed by atoms with Crippen LogP contribution in [-0.4, -0.2) is 31.5 Å². The van der Waals surface area contributed by atoms with Gasteiger partial charge in [0.25, 0.3) is 0 Å². The van der Waals surface area contributed by atoms with Crippen LogP contribution in [0.4, 0.5) is 4.39 Å². The van der Waals surface area contributed by atoms with E-state index < -0.39 is 5.60 Å². The molecule has 0 aromatic carbocycles. The molecule has 0 aromatic rings. The number of alkyl halides is 1. The van der Waals surface area contributed by atoms with E-state index in [-0.39, 0.29) is 6.67 Å². The second kappa shape index (κ2) is 1.67. The molecule has 2 heterocycles. The maximum Gasteiger partial charge on any atom is 0.120 e. The number of morpholine rings is 1. The van der Waals surface area contributed by atoms with Crippen LogP contribution in [0.3, 0.4) is 0 Å². The summed E-state index contributed by atoms with van der Waals surface area (Å²) >= 11 is 0. The van der Waals surface area contributed by atoms with E-state index in [9.17, 15) is 4.39 Å². The Morgan fingerprint density at radius 2 is 2.67 bits per heavy atom. The average Bonchev–Trinajstić information content (AvgIpc) is 2.46. The number of nitrogens with one attached hydrogen (secondary N) is 1. The lowest BCUT2D eigenvalue weighted by atomic mass is 10.1. The van der Waals surface area contributed by atoms with Crippen molar-refractivity contribution in [3.05, 3.63) is 0 Å². The van der Waals surface area contributed by atoms with E-state index in [1.807, 2.05) is 0 Å². The average molecular weight is 131 g/mol. The third-order valence-corrected chi connectivity index (χ3v) is 2.17. The summed E-state index contributed by atoms with van der Waals surface area (Å²) in [5.74, 6) is 0. The monoisotopic (exact) mass is 131 g/mol. The summed E-state index contributed by atoms with van der Waals surface area (Å²) in [7, 11) is 0. The molecule has 9 heavy (non-hydrogen) atoms. The Bertz CT molecular complexity index is 120. The van der Waals surface area contributed by atoms with Gasteiger partial charge >= 0.3 is 0 Å². The molecule has 0 aromatic heterocycles. The second-order valence-electron chi connectivity index (χ2n) is 2.91. The van der Waals surface area contributed by atoms with E-state index in [0.717, 1.165) is 6.42 Å². The van der Waals surface area contributed by atoms with Gasteiger partial charge in [0.05, 0.1) is 6.61 Å². The number of hydrogen-bond donors (Lipinski definition) is 1. The van der Waals surface area contributed by atoms with Gasteiger partial charge in [-0.3, -0.25) is 0 Å². The fraction of sp³-hybridized carbons (Fsp3) is 1.00. The maximum atomic E-state index is 12.2. The summed E-state index contributed by atoms with van der Waals surface area (Å²) in [4.78, 5) is 0. The van der Waals surface area contributed by atoms with E-state index in [1.165, 1.54) is 0 Å². The molecule has 0 spiro atoms. The first kappa shape index (κ1) is 5.62. The van der Waals surface area contributed by atoms with E-state index in [2.05, 4.69) is 5.32 Å². The lowest BCUT2D eigenvalue weighted by Gasteiger charge is -2.22. The molecule has 1 N–H and O–H groups in total. The summed E-state index contributed by atoms with van der Waals surface area (Å²) < 4.78 is 17.5. The van der Waals surface area contributed by atoms with Crippen LogP contribution >= 0.6 is 0 Å². The minimum absolute atomic E-state index is 0.337. The first-order valence-corrected chi connectivity index (χ1v) is 3.28. The molecule has 0 aliphatic carbocycles. The summed E-state index contributed by atoms with van der Waals surface area (Å²) in [5, 5.41) is 3.18. The number of hydrogen-bond acceptors (Lipinski definition) is 2. The Kier molecular flexibility index (Phi) is 1.04. The van der Waals surface area contributed by atoms with Crippen molar-refractivity contribution in [2.24, 2.45) is 0 Å². The first-order chi connectivity index (χ1) is 4.35. The van der Waals surface area contributed by atoms with E-state index in [4.69, 9.17) is 4.74 Å². The van der Waals surface area contributed by atoms with Crippen molar-refractivity contribution in [3.63, 3.8) is 0 Å². The molecule has 2 saturated heterocycles. The third-order valence-electron chi connectivity index (χ3n) is 2.17. The Morgan fingerprint density at radius 3 is 2.89 bits per heavy atom. The van der Waals surface area contributed by atoms with Crippen molar-refractivity contribution in [2.45, 2.75) is 18.1 Å². The van der Waals surface area contributed by atoms with Gasteiger partial charge in [0.15, 0.2) is 0 Å². The molecule has 2 aliphatic rings. The van der Waals surface area contributed by atoms with Gasteiger partial charge in [-0.05, 0) is 6.42 Å². The van der Waals surface area contributed by atoms with Crippen LogP contribution in [0.15, 0.2) is 0 Å². The predicted molar refractivity (Wildman–Crippen MR) is 31.1 cm³/mol. The zero-order valence-corrected chi connectivity index (χ0v) is 5.19. The van der Waals surface area contributed by atoms with Crippen LogP contribution in [0, 0.1) is 0 Å². The highest BCUT2D eigenvalue weighted by molar-refractivity contribution is 5.00. The Balaban J connectivity index is 2.13. The van der Waals surface area contributed by atoms with Gasteiger partial charge in [-0.15, -0.1) is 0 Å². The summed E-state index contributed by atoms with van der Waals surface area (Å²) in [6, 6.07) is 0.431. The summed E-state index contributed by atoms with van der Waals surface area (Å²) in [5.41, 5.74) is -0.426. The second-order valence-corrected chi connectivity index (χ2v) is 2.91. The fourth-order valence-electron chi connectivity index (χ4n) is 1.57. The minimum atomic E-state index is -0.426. The zero-order chi connectivity index (χ0) is 6.32. The largest absolute Gasteiger partial charge is 0.369 e. The first-order valence-electron chi connectivity index (χ1n) is 3.28. The van der Waals surface area contributed by atoms with Crippen LogP contribution in [0.1, 0.15) is 6.42 Å². The highest BCUT2D eigenvalue weighted by Crippen LogP contribution is 2.31. The van der Waals surface area contributed by atoms with Crippen molar-refractivity contribution in [2.75, 3.05) is 19.8 Å². The maximum absolute atomic E-state index is 12.2. The van der Waals surface area contributed by atoms with Crippen LogP contribution in [0.5, 0.6) is 0 Å². The highest BCUT2D eigenvalue weighted by Gasteiger charge is 2.46. The van der Waals surface area contributed by atoms with Gasteiger partial charge in [-0.2, -0.15) is 0 Å². The van der Waals surface area contributed by atoms with Crippen molar-refractivity contribution in [1.82, 2.24) is 5.32 Å². The van der Waals surface area contributed by atoms with Gasteiger partial charge in [0.2, 0.25) is 0 Å². The molecule has 0 unspecified atom stereocenters. The van der Waals surface area contributed by atoms with Gasteiger partial charge in [0, 0.05) is 12.6 Å². The molecule has 0 amide bonds. The molecule has 2 aliphatic heterocycles. The highest BCUT2D eigenvalue weighted by atomic mass is 19.1. The molecule has 0 saturated carbocycles. The van der Waals surface area contributed by atoms with Crippen molar-refractivity contribution in [3.8, 4) is 0 Å². The van der Waals surface area contributed by atoms with Crippen LogP contribution in [-0.2, 0) is 4.74 Å². The SMILES string of the molecule is FC[C@]12CN[C@H](CO1)C2. The normalized spacial score (nSPS) is 48.3. The van der Waals surface area contributed by atoms with Crippen LogP contribution < -0.4 is 5.32 Å². The molecule has 2 rings (SSSR count). The van der Waals surface area contributed by atoms with Gasteiger partial charge < -0.3 is 10.1 Å². The molecular formula is C6H10FNO. The Hall–Kier alpha value is -0.150. The molecule has 2 fully saturated rings. The standard InChI is InChI=1S/C6H10FNO/c7-3-6-1-5(2-9-6)8-4-6/h5,8H,1-4H2/t5-,6+/m0/s1. The molecule has 2 bridgehead atoms. The van der Waals surface area contributed by atoms with Crippen LogP contribution in [0.2, 0.25) is 0 Å². The van der Waals surface area contributed by atoms with E-state index >= 15 is 0 Å². The zero-order valence-electron chi connectivity index (χ0n) is 5.19. The molecule has 0 radical (unpaired) electrons. The van der Waals surface area contributed by atoms with Gasteiger partial charge in [-0.1, -0.05) is 0 Å². The number of ether oxygens (including phenoxy) is 1. The van der Waals surface area contributed by atoms with E-state index in [1.54, 1.807) is 0 Å². The lowest BCUT2D eigenvalue weighted by molar-refractivity contribution is -0.0222. The summed E-state index contributed by atoms with van der Waals surface area (Å²) in [6.45, 7) is 1.06. The topological polar surface area (TPSA) is 21.3 Å². The smallest absolute Gasteiger partial charge is 0.120 e. The number of fused-ring (bicyclic) bond motifs is 2. The fourth-order valence-corrected chi connectivity index (χ4v) is 1.57. The Labute approximate surface area is 53.4 Å². The molecular weight excluding hydrogens is 121 g/mol. The molecule has 2 atom stereocenters. The number of rotatable bonds is 1.